The molecule has 0 atom stereocenters. The van der Waals surface area contributed by atoms with E-state index in [2.05, 4.69) is 10.1 Å². The molecule has 0 spiro atoms. The van der Waals surface area contributed by atoms with Gasteiger partial charge in [0.15, 0.2) is 0 Å². The molecule has 132 valence electrons. The highest BCUT2D eigenvalue weighted by atomic mass is 32.2. The van der Waals surface area contributed by atoms with Crippen LogP contribution in [0.3, 0.4) is 0 Å². The molecule has 0 fully saturated rings. The van der Waals surface area contributed by atoms with Crippen LogP contribution in [0.25, 0.3) is 0 Å². The molecule has 0 aliphatic heterocycles. The number of carbonyl (C=O) groups excluding carboxylic acids is 2. The average molecular weight is 364 g/mol. The van der Waals surface area contributed by atoms with Gasteiger partial charge in [-0.3, -0.25) is 9.00 Å². The van der Waals surface area contributed by atoms with E-state index in [1.807, 2.05) is 30.3 Å². The van der Waals surface area contributed by atoms with E-state index in [4.69, 9.17) is 4.74 Å². The molecular formula is C14H24N2O5S2. The van der Waals surface area contributed by atoms with Crippen LogP contribution in [-0.4, -0.2) is 45.4 Å². The first-order valence-electron chi connectivity index (χ1n) is 6.33. The molecule has 0 heterocycles. The highest BCUT2D eigenvalue weighted by Crippen LogP contribution is 2.02. The third-order valence-electron chi connectivity index (χ3n) is 1.50. The number of ether oxygens (including phenoxy) is 1. The lowest BCUT2D eigenvalue weighted by Gasteiger charge is -2.01. The van der Waals surface area contributed by atoms with Gasteiger partial charge in [0.05, 0.1) is 9.73 Å². The predicted molar refractivity (Wildman–Crippen MR) is 93.9 cm³/mol. The quantitative estimate of drug-likeness (QED) is 0.854. The Hall–Kier alpha value is -1.74. The number of rotatable bonds is 2. The van der Waals surface area contributed by atoms with Crippen LogP contribution in [0.4, 0.5) is 4.79 Å². The molecule has 0 saturated carbocycles. The van der Waals surface area contributed by atoms with Crippen LogP contribution in [-0.2, 0) is 36.7 Å². The van der Waals surface area contributed by atoms with Gasteiger partial charge in [-0.15, -0.1) is 4.36 Å². The van der Waals surface area contributed by atoms with Gasteiger partial charge < -0.3 is 10.5 Å². The van der Waals surface area contributed by atoms with Crippen LogP contribution in [0.15, 0.2) is 34.7 Å². The van der Waals surface area contributed by atoms with Crippen molar-refractivity contribution in [1.82, 2.24) is 0 Å². The number of primary amides is 1. The van der Waals surface area contributed by atoms with E-state index in [0.29, 0.717) is 0 Å². The Bertz CT molecular complexity index is 595. The summed E-state index contributed by atoms with van der Waals surface area (Å²) in [6, 6.07) is 9.25. The second-order valence-electron chi connectivity index (χ2n) is 4.66. The van der Waals surface area contributed by atoms with Crippen molar-refractivity contribution >= 4 is 32.5 Å². The molecule has 2 N–H and O–H groups in total. The molecule has 1 aromatic rings. The van der Waals surface area contributed by atoms with Crippen molar-refractivity contribution in [3.63, 3.8) is 0 Å². The molecule has 1 aromatic carbocycles. The molecule has 7 nitrogen and oxygen atoms in total. The van der Waals surface area contributed by atoms with Crippen molar-refractivity contribution < 1.29 is 22.7 Å². The summed E-state index contributed by atoms with van der Waals surface area (Å²) in [4.78, 5) is 20.3. The number of nitrogens with two attached hydrogens (primary N) is 1. The van der Waals surface area contributed by atoms with Crippen LogP contribution in [0.1, 0.15) is 12.5 Å². The van der Waals surface area contributed by atoms with Gasteiger partial charge in [0.1, 0.15) is 6.61 Å². The standard InChI is InChI=1S/C10H13NO3S.C2H5NO.C2H6OS/c1-15(2,13)11-10(12)14-8-9-6-4-3-5-7-9;1-2(3)4;1-4(2)3/h3-7H,8H2,1-2H3;1H3,(H2,3,4);1-2H3. The minimum Gasteiger partial charge on any atom is -0.443 e. The Morgan fingerprint density at radius 3 is 1.96 bits per heavy atom. The SMILES string of the molecule is CC(N)=O.CS(C)(=O)=NC(=O)OCc1ccccc1.CS(C)=O. The normalized spacial score (nSPS) is 9.65. The van der Waals surface area contributed by atoms with Gasteiger partial charge in [-0.2, -0.15) is 0 Å². The van der Waals surface area contributed by atoms with Crippen molar-refractivity contribution in [2.75, 3.05) is 25.0 Å². The first-order valence-corrected chi connectivity index (χ1v) is 10.6. The lowest BCUT2D eigenvalue weighted by atomic mass is 10.2. The molecule has 1 rings (SSSR count). The Balaban J connectivity index is 0. The number of amides is 2. The van der Waals surface area contributed by atoms with E-state index >= 15 is 0 Å². The van der Waals surface area contributed by atoms with Crippen LogP contribution < -0.4 is 5.73 Å². The monoisotopic (exact) mass is 364 g/mol. The summed E-state index contributed by atoms with van der Waals surface area (Å²) in [7, 11) is -3.04. The molecule has 0 unspecified atom stereocenters. The van der Waals surface area contributed by atoms with E-state index in [1.54, 1.807) is 12.5 Å². The molecule has 0 radical (unpaired) electrons. The lowest BCUT2D eigenvalue weighted by molar-refractivity contribution is -0.115. The fourth-order valence-corrected chi connectivity index (χ4v) is 1.34. The zero-order chi connectivity index (χ0) is 18.5. The van der Waals surface area contributed by atoms with Gasteiger partial charge in [-0.1, -0.05) is 30.3 Å². The second kappa shape index (κ2) is 12.8. The summed E-state index contributed by atoms with van der Waals surface area (Å²) >= 11 is 0. The number of hydrogen-bond acceptors (Lipinski definition) is 5. The van der Waals surface area contributed by atoms with Crippen LogP contribution in [0, 0.1) is 0 Å². The van der Waals surface area contributed by atoms with Gasteiger partial charge in [0.25, 0.3) is 0 Å². The maximum Gasteiger partial charge on any atom is 0.442 e. The molecule has 0 aromatic heterocycles. The number of hydrogen-bond donors (Lipinski definition) is 1. The summed E-state index contributed by atoms with van der Waals surface area (Å²) in [5, 5.41) is 0. The lowest BCUT2D eigenvalue weighted by Crippen LogP contribution is -2.03. The van der Waals surface area contributed by atoms with Crippen LogP contribution >= 0.6 is 0 Å². The third kappa shape index (κ3) is 25.6. The van der Waals surface area contributed by atoms with E-state index in [-0.39, 0.29) is 12.5 Å². The maximum atomic E-state index is 11.1. The minimum absolute atomic E-state index is 0.151. The first kappa shape index (κ1) is 23.5. The van der Waals surface area contributed by atoms with Gasteiger partial charge in [0, 0.05) is 42.7 Å². The minimum atomic E-state index is -2.43. The summed E-state index contributed by atoms with van der Waals surface area (Å²) in [6.07, 6.45) is 5.27. The van der Waals surface area contributed by atoms with Gasteiger partial charge in [-0.05, 0) is 5.56 Å². The summed E-state index contributed by atoms with van der Waals surface area (Å²) in [5.74, 6) is -0.333. The number of benzene rings is 1. The van der Waals surface area contributed by atoms with E-state index in [0.717, 1.165) is 5.56 Å². The van der Waals surface area contributed by atoms with Gasteiger partial charge in [-0.25, -0.2) is 9.00 Å². The highest BCUT2D eigenvalue weighted by molar-refractivity contribution is 7.92. The predicted octanol–water partition coefficient (Wildman–Crippen LogP) is 1.54. The molecular weight excluding hydrogens is 340 g/mol. The summed E-state index contributed by atoms with van der Waals surface area (Å²) in [6.45, 7) is 1.46. The Morgan fingerprint density at radius 2 is 1.61 bits per heavy atom. The zero-order valence-electron chi connectivity index (χ0n) is 14.0. The van der Waals surface area contributed by atoms with Crippen molar-refractivity contribution in [1.29, 1.82) is 0 Å². The average Bonchev–Trinajstić information content (AvgIpc) is 2.34. The molecule has 2 amide bonds. The van der Waals surface area contributed by atoms with Crippen LogP contribution in [0.5, 0.6) is 0 Å². The summed E-state index contributed by atoms with van der Waals surface area (Å²) < 4.78 is 28.9. The van der Waals surface area contributed by atoms with Gasteiger partial charge >= 0.3 is 6.09 Å². The Labute approximate surface area is 140 Å². The van der Waals surface area contributed by atoms with Crippen molar-refractivity contribution in [3.05, 3.63) is 35.9 Å². The first-order chi connectivity index (χ1) is 10.4. The fourth-order valence-electron chi connectivity index (χ4n) is 0.925. The van der Waals surface area contributed by atoms with Crippen molar-refractivity contribution in [2.45, 2.75) is 13.5 Å². The smallest absolute Gasteiger partial charge is 0.442 e. The molecule has 0 bridgehead atoms. The number of nitrogens with zero attached hydrogens (tertiary/aromatic N) is 1. The fraction of sp³-hybridized carbons (Fsp3) is 0.429. The highest BCUT2D eigenvalue weighted by Gasteiger charge is 2.02. The zero-order valence-corrected chi connectivity index (χ0v) is 15.6. The molecule has 9 heteroatoms. The van der Waals surface area contributed by atoms with Gasteiger partial charge in [0.2, 0.25) is 5.91 Å². The Morgan fingerprint density at radius 1 is 1.22 bits per heavy atom. The largest absolute Gasteiger partial charge is 0.443 e. The van der Waals surface area contributed by atoms with Crippen molar-refractivity contribution in [3.8, 4) is 0 Å². The van der Waals surface area contributed by atoms with E-state index < -0.39 is 26.6 Å². The second-order valence-corrected chi connectivity index (χ2v) is 8.69. The van der Waals surface area contributed by atoms with E-state index in [1.165, 1.54) is 19.4 Å². The molecule has 23 heavy (non-hydrogen) atoms. The molecule has 0 aliphatic carbocycles. The number of carbonyl (C=O) groups is 2. The van der Waals surface area contributed by atoms with E-state index in [9.17, 15) is 18.0 Å². The molecule has 0 aliphatic rings. The van der Waals surface area contributed by atoms with Crippen LogP contribution in [0.2, 0.25) is 0 Å². The maximum absolute atomic E-state index is 11.1. The Kier molecular flexibility index (Phi) is 13.1. The summed E-state index contributed by atoms with van der Waals surface area (Å²) in [5.41, 5.74) is 5.35. The molecule has 0 saturated heterocycles. The topological polar surface area (TPSA) is 116 Å². The third-order valence-corrected chi connectivity index (χ3v) is 2.09. The van der Waals surface area contributed by atoms with Crippen molar-refractivity contribution in [2.24, 2.45) is 10.1 Å².